The third-order valence-corrected chi connectivity index (χ3v) is 5.02. The zero-order chi connectivity index (χ0) is 18.5. The maximum Gasteiger partial charge on any atom is 0.227 e. The Balaban J connectivity index is 1.49. The smallest absolute Gasteiger partial charge is 0.227 e. The summed E-state index contributed by atoms with van der Waals surface area (Å²) < 4.78 is 0. The fourth-order valence-corrected chi connectivity index (χ4v) is 3.37. The first kappa shape index (κ1) is 18.5. The molecule has 2 amide bonds. The van der Waals surface area contributed by atoms with E-state index in [1.54, 1.807) is 12.1 Å². The predicted molar refractivity (Wildman–Crippen MR) is 104 cm³/mol. The van der Waals surface area contributed by atoms with Gasteiger partial charge in [0.15, 0.2) is 0 Å². The first-order valence-corrected chi connectivity index (χ1v) is 9.29. The van der Waals surface area contributed by atoms with E-state index in [0.29, 0.717) is 37.4 Å². The van der Waals surface area contributed by atoms with E-state index in [4.69, 9.17) is 11.6 Å². The van der Waals surface area contributed by atoms with Crippen molar-refractivity contribution >= 4 is 29.1 Å². The van der Waals surface area contributed by atoms with Crippen LogP contribution >= 0.6 is 11.6 Å². The number of piperidine rings is 1. The van der Waals surface area contributed by atoms with Crippen LogP contribution in [-0.2, 0) is 16.0 Å². The second kappa shape index (κ2) is 8.37. The molecule has 0 unspecified atom stereocenters. The Morgan fingerprint density at radius 1 is 1.12 bits per heavy atom. The molecule has 0 radical (unpaired) electrons. The number of likely N-dealkylation sites (tertiary alicyclic amines) is 1. The number of aryl methyl sites for hydroxylation is 1. The molecule has 136 valence electrons. The zero-order valence-corrected chi connectivity index (χ0v) is 15.6. The van der Waals surface area contributed by atoms with Crippen LogP contribution < -0.4 is 5.32 Å². The lowest BCUT2D eigenvalue weighted by Gasteiger charge is -2.31. The minimum atomic E-state index is -0.0462. The van der Waals surface area contributed by atoms with E-state index < -0.39 is 0 Å². The Bertz CT molecular complexity index is 781. The average molecular weight is 371 g/mol. The number of benzene rings is 2. The van der Waals surface area contributed by atoms with E-state index in [1.807, 2.05) is 48.2 Å². The number of rotatable bonds is 4. The highest BCUT2D eigenvalue weighted by Gasteiger charge is 2.27. The van der Waals surface area contributed by atoms with Crippen LogP contribution in [0.5, 0.6) is 0 Å². The Morgan fingerprint density at radius 3 is 2.46 bits per heavy atom. The van der Waals surface area contributed by atoms with Gasteiger partial charge in [-0.3, -0.25) is 9.59 Å². The maximum absolute atomic E-state index is 12.5. The van der Waals surface area contributed by atoms with Gasteiger partial charge in [0.2, 0.25) is 11.8 Å². The van der Waals surface area contributed by atoms with Crippen molar-refractivity contribution in [1.29, 1.82) is 0 Å². The van der Waals surface area contributed by atoms with Gasteiger partial charge in [-0.05, 0) is 55.2 Å². The minimum absolute atomic E-state index is 0.0420. The van der Waals surface area contributed by atoms with Gasteiger partial charge in [-0.1, -0.05) is 35.9 Å². The van der Waals surface area contributed by atoms with Crippen molar-refractivity contribution in [1.82, 2.24) is 4.90 Å². The normalized spacial score (nSPS) is 14.9. The number of halogens is 1. The van der Waals surface area contributed by atoms with Gasteiger partial charge in [0.25, 0.3) is 0 Å². The number of anilines is 1. The maximum atomic E-state index is 12.5. The van der Waals surface area contributed by atoms with Crippen LogP contribution in [0.1, 0.15) is 24.0 Å². The topological polar surface area (TPSA) is 49.4 Å². The molecule has 1 fully saturated rings. The van der Waals surface area contributed by atoms with Crippen LogP contribution in [0.25, 0.3) is 0 Å². The molecule has 0 aromatic heterocycles. The molecule has 0 bridgehead atoms. The lowest BCUT2D eigenvalue weighted by Crippen LogP contribution is -2.42. The highest BCUT2D eigenvalue weighted by Crippen LogP contribution is 2.21. The van der Waals surface area contributed by atoms with Gasteiger partial charge in [-0.2, -0.15) is 0 Å². The molecule has 1 aliphatic heterocycles. The fourth-order valence-electron chi connectivity index (χ4n) is 3.25. The molecule has 1 heterocycles. The molecule has 2 aromatic carbocycles. The summed E-state index contributed by atoms with van der Waals surface area (Å²) in [6.07, 6.45) is 1.77. The highest BCUT2D eigenvalue weighted by molar-refractivity contribution is 6.30. The predicted octanol–water partition coefficient (Wildman–Crippen LogP) is 4.07. The van der Waals surface area contributed by atoms with Gasteiger partial charge < -0.3 is 10.2 Å². The van der Waals surface area contributed by atoms with Crippen LogP contribution in [-0.4, -0.2) is 29.8 Å². The minimum Gasteiger partial charge on any atom is -0.342 e. The van der Waals surface area contributed by atoms with Crippen molar-refractivity contribution in [3.63, 3.8) is 0 Å². The van der Waals surface area contributed by atoms with Crippen molar-refractivity contribution in [3.8, 4) is 0 Å². The SMILES string of the molecule is Cc1cccc(NC(=O)C2CCN(C(=O)Cc3ccc(Cl)cc3)CC2)c1. The fraction of sp³-hybridized carbons (Fsp3) is 0.333. The van der Waals surface area contributed by atoms with Gasteiger partial charge in [0.1, 0.15) is 0 Å². The number of hydrogen-bond donors (Lipinski definition) is 1. The summed E-state index contributed by atoms with van der Waals surface area (Å²) in [4.78, 5) is 26.8. The lowest BCUT2D eigenvalue weighted by molar-refractivity contribution is -0.133. The van der Waals surface area contributed by atoms with Crippen molar-refractivity contribution in [2.24, 2.45) is 5.92 Å². The molecule has 0 spiro atoms. The third kappa shape index (κ3) is 4.85. The Labute approximate surface area is 159 Å². The van der Waals surface area contributed by atoms with Crippen molar-refractivity contribution in [3.05, 3.63) is 64.7 Å². The molecule has 26 heavy (non-hydrogen) atoms. The van der Waals surface area contributed by atoms with E-state index in [2.05, 4.69) is 5.32 Å². The van der Waals surface area contributed by atoms with E-state index >= 15 is 0 Å². The van der Waals surface area contributed by atoms with Gasteiger partial charge in [0, 0.05) is 29.7 Å². The van der Waals surface area contributed by atoms with Crippen molar-refractivity contribution < 1.29 is 9.59 Å². The molecule has 0 atom stereocenters. The quantitative estimate of drug-likeness (QED) is 0.882. The molecule has 3 rings (SSSR count). The molecule has 1 aliphatic rings. The molecule has 0 saturated carbocycles. The molecule has 4 nitrogen and oxygen atoms in total. The Kier molecular flexibility index (Phi) is 5.94. The summed E-state index contributed by atoms with van der Waals surface area (Å²) in [5.41, 5.74) is 2.90. The summed E-state index contributed by atoms with van der Waals surface area (Å²) >= 11 is 5.88. The summed E-state index contributed by atoms with van der Waals surface area (Å²) in [7, 11) is 0. The summed E-state index contributed by atoms with van der Waals surface area (Å²) in [6, 6.07) is 15.1. The molecule has 5 heteroatoms. The van der Waals surface area contributed by atoms with Crippen LogP contribution in [0.2, 0.25) is 5.02 Å². The second-order valence-corrected chi connectivity index (χ2v) is 7.25. The molecule has 0 aliphatic carbocycles. The number of carbonyl (C=O) groups is 2. The van der Waals surface area contributed by atoms with E-state index in [0.717, 1.165) is 16.8 Å². The summed E-state index contributed by atoms with van der Waals surface area (Å²) in [6.45, 7) is 3.25. The first-order valence-electron chi connectivity index (χ1n) is 8.91. The van der Waals surface area contributed by atoms with Gasteiger partial charge >= 0.3 is 0 Å². The van der Waals surface area contributed by atoms with Crippen LogP contribution in [0.15, 0.2) is 48.5 Å². The number of nitrogens with zero attached hydrogens (tertiary/aromatic N) is 1. The lowest BCUT2D eigenvalue weighted by atomic mass is 9.95. The molecule has 1 N–H and O–H groups in total. The van der Waals surface area contributed by atoms with Crippen LogP contribution in [0, 0.1) is 12.8 Å². The van der Waals surface area contributed by atoms with Crippen molar-refractivity contribution in [2.75, 3.05) is 18.4 Å². The largest absolute Gasteiger partial charge is 0.342 e. The van der Waals surface area contributed by atoms with Crippen LogP contribution in [0.3, 0.4) is 0 Å². The zero-order valence-electron chi connectivity index (χ0n) is 14.9. The first-order chi connectivity index (χ1) is 12.5. The average Bonchev–Trinajstić information content (AvgIpc) is 2.64. The van der Waals surface area contributed by atoms with Gasteiger partial charge in [-0.25, -0.2) is 0 Å². The number of nitrogens with one attached hydrogen (secondary N) is 1. The standard InChI is InChI=1S/C21H23ClN2O2/c1-15-3-2-4-19(13-15)23-21(26)17-9-11-24(12-10-17)20(25)14-16-5-7-18(22)8-6-16/h2-8,13,17H,9-12,14H2,1H3,(H,23,26). The molecular weight excluding hydrogens is 348 g/mol. The second-order valence-electron chi connectivity index (χ2n) is 6.82. The molecular formula is C21H23ClN2O2. The van der Waals surface area contributed by atoms with E-state index in [9.17, 15) is 9.59 Å². The summed E-state index contributed by atoms with van der Waals surface area (Å²) in [5.74, 6) is 0.0976. The third-order valence-electron chi connectivity index (χ3n) is 4.77. The number of carbonyl (C=O) groups excluding carboxylic acids is 2. The Morgan fingerprint density at radius 2 is 1.81 bits per heavy atom. The van der Waals surface area contributed by atoms with Crippen LogP contribution in [0.4, 0.5) is 5.69 Å². The Hall–Kier alpha value is -2.33. The molecule has 2 aromatic rings. The van der Waals surface area contributed by atoms with E-state index in [-0.39, 0.29) is 17.7 Å². The molecule has 1 saturated heterocycles. The van der Waals surface area contributed by atoms with Gasteiger partial charge in [-0.15, -0.1) is 0 Å². The number of hydrogen-bond acceptors (Lipinski definition) is 2. The van der Waals surface area contributed by atoms with Crippen molar-refractivity contribution in [2.45, 2.75) is 26.2 Å². The monoisotopic (exact) mass is 370 g/mol. The summed E-state index contributed by atoms with van der Waals surface area (Å²) in [5, 5.41) is 3.65. The van der Waals surface area contributed by atoms with Gasteiger partial charge in [0.05, 0.1) is 6.42 Å². The number of amides is 2. The highest BCUT2D eigenvalue weighted by atomic mass is 35.5. The van der Waals surface area contributed by atoms with E-state index in [1.165, 1.54) is 0 Å².